The second kappa shape index (κ2) is 17.3. The highest BCUT2D eigenvalue weighted by Crippen LogP contribution is 2.32. The van der Waals surface area contributed by atoms with Gasteiger partial charge < -0.3 is 10.1 Å². The lowest BCUT2D eigenvalue weighted by Crippen LogP contribution is -2.53. The lowest BCUT2D eigenvalue weighted by Gasteiger charge is -2.27. The summed E-state index contributed by atoms with van der Waals surface area (Å²) in [5.74, 6) is -1.38. The fourth-order valence-electron chi connectivity index (χ4n) is 4.62. The van der Waals surface area contributed by atoms with Gasteiger partial charge in [0.05, 0.1) is 13.0 Å². The summed E-state index contributed by atoms with van der Waals surface area (Å²) < 4.78 is 5.80. The summed E-state index contributed by atoms with van der Waals surface area (Å²) in [7, 11) is 0. The van der Waals surface area contributed by atoms with Crippen molar-refractivity contribution < 1.29 is 28.7 Å². The molecule has 3 rings (SSSR count). The number of cyclic esters (lactones) is 1. The van der Waals surface area contributed by atoms with Gasteiger partial charge in [0.1, 0.15) is 33.4 Å². The molecular weight excluding hydrogens is 621 g/mol. The van der Waals surface area contributed by atoms with Crippen molar-refractivity contribution >= 4 is 68.7 Å². The van der Waals surface area contributed by atoms with E-state index in [1.807, 2.05) is 0 Å². The molecule has 3 atom stereocenters. The van der Waals surface area contributed by atoms with E-state index in [0.29, 0.717) is 40.1 Å². The molecule has 0 radical (unpaired) electrons. The quantitative estimate of drug-likeness (QED) is 0.190. The lowest BCUT2D eigenvalue weighted by molar-refractivity contribution is -0.155. The number of amides is 3. The molecular formula is C31H44N4O6S3. The highest BCUT2D eigenvalue weighted by Gasteiger charge is 2.42. The molecule has 0 saturated carbocycles. The van der Waals surface area contributed by atoms with Gasteiger partial charge in [0, 0.05) is 30.2 Å². The van der Waals surface area contributed by atoms with Crippen molar-refractivity contribution in [3.63, 3.8) is 0 Å². The summed E-state index contributed by atoms with van der Waals surface area (Å²) in [4.78, 5) is 75.2. The first-order valence-electron chi connectivity index (χ1n) is 15.3. The second-order valence-corrected chi connectivity index (χ2v) is 14.6. The van der Waals surface area contributed by atoms with Crippen LogP contribution in [-0.2, 0) is 35.3 Å². The van der Waals surface area contributed by atoms with Crippen molar-refractivity contribution in [2.45, 2.75) is 110 Å². The summed E-state index contributed by atoms with van der Waals surface area (Å²) in [5.41, 5.74) is -0.512. The van der Waals surface area contributed by atoms with E-state index in [1.165, 1.54) is 48.2 Å². The number of thiazole rings is 1. The van der Waals surface area contributed by atoms with Gasteiger partial charge in [-0.25, -0.2) is 9.78 Å². The average molecular weight is 665 g/mol. The Morgan fingerprint density at radius 3 is 2.68 bits per heavy atom. The maximum Gasteiger partial charge on any atom is 0.329 e. The largest absolute Gasteiger partial charge is 0.456 e. The first-order valence-corrected chi connectivity index (χ1v) is 18.1. The number of carbonyl (C=O) groups excluding carboxylic acids is 5. The SMILES string of the molecule is CCCCCCCC(=O)SCC/C=C/[C@@H]1CC(=O)N(C(C)=O)Cc2nc(cs2)C2=N[C@@](C)(CS2)C(=O)N[C@@H](C(C)C)C(=O)O1. The number of aromatic nitrogens is 1. The minimum atomic E-state index is -1.10. The standard InChI is InChI=1S/C31H44N4O6S3/c1-6-7-8-9-10-14-26(38)42-15-12-11-13-22-16-25(37)35(21(4)36)17-24-32-23(18-43-24)28-34-31(5,19-44-28)30(40)33-27(20(2)3)29(39)41-22/h11,13,18,20,22,27H,6-10,12,14-17,19H2,1-5H3,(H,33,40)/b13-11+/t22-,27+,31+/m1/s1. The number of nitrogens with zero attached hydrogens (tertiary/aromatic N) is 3. The van der Waals surface area contributed by atoms with Crippen LogP contribution in [0.15, 0.2) is 22.5 Å². The van der Waals surface area contributed by atoms with Crippen LogP contribution in [0.25, 0.3) is 0 Å². The fraction of sp³-hybridized carbons (Fsp3) is 0.645. The number of aliphatic imine (C=N–C) groups is 1. The molecule has 242 valence electrons. The first-order chi connectivity index (χ1) is 20.9. The average Bonchev–Trinajstić information content (AvgIpc) is 3.60. The van der Waals surface area contributed by atoms with E-state index in [0.717, 1.165) is 30.6 Å². The highest BCUT2D eigenvalue weighted by atomic mass is 32.2. The van der Waals surface area contributed by atoms with Gasteiger partial charge in [-0.2, -0.15) is 0 Å². The summed E-state index contributed by atoms with van der Waals surface area (Å²) in [6.07, 6.45) is 8.73. The monoisotopic (exact) mass is 664 g/mol. The van der Waals surface area contributed by atoms with Gasteiger partial charge in [-0.3, -0.25) is 29.1 Å². The number of unbranched alkanes of at least 4 members (excludes halogenated alkanes) is 4. The Hall–Kier alpha value is -2.51. The molecule has 0 aliphatic carbocycles. The number of esters is 1. The Morgan fingerprint density at radius 2 is 1.98 bits per heavy atom. The fourth-order valence-corrected chi connectivity index (χ4v) is 7.36. The Bertz CT molecular complexity index is 1260. The molecule has 0 unspecified atom stereocenters. The van der Waals surface area contributed by atoms with Crippen LogP contribution in [0.4, 0.5) is 0 Å². The summed E-state index contributed by atoms with van der Waals surface area (Å²) in [6, 6.07) is -0.970. The van der Waals surface area contributed by atoms with E-state index >= 15 is 0 Å². The number of hydrogen-bond donors (Lipinski definition) is 1. The number of fused-ring (bicyclic) bond motifs is 4. The summed E-state index contributed by atoms with van der Waals surface area (Å²) in [6.45, 7) is 8.77. The van der Waals surface area contributed by atoms with Crippen LogP contribution in [0.1, 0.15) is 96.7 Å². The number of carbonyl (C=O) groups is 5. The molecule has 4 bridgehead atoms. The van der Waals surface area contributed by atoms with Gasteiger partial charge in [-0.1, -0.05) is 64.3 Å². The van der Waals surface area contributed by atoms with E-state index in [-0.39, 0.29) is 24.0 Å². The molecule has 0 saturated heterocycles. The molecule has 0 aromatic carbocycles. The molecule has 2 aliphatic rings. The number of thioether (sulfide) groups is 2. The predicted octanol–water partition coefficient (Wildman–Crippen LogP) is 5.29. The van der Waals surface area contributed by atoms with Crippen molar-refractivity contribution in [1.29, 1.82) is 0 Å². The summed E-state index contributed by atoms with van der Waals surface area (Å²) in [5, 5.41) is 5.93. The Labute approximate surface area is 272 Å². The van der Waals surface area contributed by atoms with Gasteiger partial charge in [0.25, 0.3) is 0 Å². The van der Waals surface area contributed by atoms with Crippen molar-refractivity contribution in [3.8, 4) is 0 Å². The second-order valence-electron chi connectivity index (χ2n) is 11.6. The molecule has 3 heterocycles. The molecule has 2 aliphatic heterocycles. The normalized spacial score (nSPS) is 23.2. The third-order valence-corrected chi connectivity index (χ3v) is 10.4. The van der Waals surface area contributed by atoms with Crippen LogP contribution >= 0.6 is 34.9 Å². The Balaban J connectivity index is 1.77. The predicted molar refractivity (Wildman–Crippen MR) is 177 cm³/mol. The van der Waals surface area contributed by atoms with Crippen molar-refractivity contribution in [2.75, 3.05) is 11.5 Å². The molecule has 10 nitrogen and oxygen atoms in total. The topological polar surface area (TPSA) is 135 Å². The van der Waals surface area contributed by atoms with Crippen LogP contribution in [0, 0.1) is 5.92 Å². The van der Waals surface area contributed by atoms with E-state index in [2.05, 4.69) is 22.2 Å². The molecule has 44 heavy (non-hydrogen) atoms. The number of nitrogens with one attached hydrogen (secondary N) is 1. The summed E-state index contributed by atoms with van der Waals surface area (Å²) >= 11 is 3.98. The Kier molecular flexibility index (Phi) is 14.1. The zero-order valence-electron chi connectivity index (χ0n) is 26.3. The highest BCUT2D eigenvalue weighted by molar-refractivity contribution is 8.14. The van der Waals surface area contributed by atoms with E-state index in [4.69, 9.17) is 4.74 Å². The Morgan fingerprint density at radius 1 is 1.23 bits per heavy atom. The number of allylic oxidation sites excluding steroid dienone is 1. The van der Waals surface area contributed by atoms with Gasteiger partial charge in [0.15, 0.2) is 5.12 Å². The number of imide groups is 1. The van der Waals surface area contributed by atoms with Gasteiger partial charge in [-0.05, 0) is 31.8 Å². The van der Waals surface area contributed by atoms with Crippen LogP contribution in [0.2, 0.25) is 0 Å². The maximum absolute atomic E-state index is 13.4. The molecule has 1 N–H and O–H groups in total. The van der Waals surface area contributed by atoms with Crippen LogP contribution in [0.3, 0.4) is 0 Å². The van der Waals surface area contributed by atoms with E-state index < -0.39 is 41.4 Å². The number of ether oxygens (including phenoxy) is 1. The number of hydrogen-bond acceptors (Lipinski definition) is 11. The minimum Gasteiger partial charge on any atom is -0.456 e. The van der Waals surface area contributed by atoms with Gasteiger partial charge in [-0.15, -0.1) is 23.1 Å². The third kappa shape index (κ3) is 10.5. The van der Waals surface area contributed by atoms with Gasteiger partial charge >= 0.3 is 5.97 Å². The van der Waals surface area contributed by atoms with Crippen LogP contribution in [0.5, 0.6) is 0 Å². The maximum atomic E-state index is 13.4. The third-order valence-electron chi connectivity index (χ3n) is 7.31. The van der Waals surface area contributed by atoms with Crippen molar-refractivity contribution in [3.05, 3.63) is 28.2 Å². The first kappa shape index (κ1) is 36.0. The molecule has 13 heteroatoms. The van der Waals surface area contributed by atoms with Crippen LogP contribution in [-0.4, -0.2) is 72.9 Å². The molecule has 1 aromatic heterocycles. The van der Waals surface area contributed by atoms with Crippen LogP contribution < -0.4 is 5.32 Å². The minimum absolute atomic E-state index is 0.0231. The smallest absolute Gasteiger partial charge is 0.329 e. The van der Waals surface area contributed by atoms with E-state index in [9.17, 15) is 24.0 Å². The molecule has 3 amide bonds. The number of rotatable bonds is 11. The molecule has 0 spiro atoms. The van der Waals surface area contributed by atoms with Gasteiger partial charge in [0.2, 0.25) is 17.7 Å². The molecule has 1 aromatic rings. The molecule has 0 fully saturated rings. The lowest BCUT2D eigenvalue weighted by atomic mass is 10.0. The van der Waals surface area contributed by atoms with Crippen molar-refractivity contribution in [1.82, 2.24) is 15.2 Å². The zero-order valence-corrected chi connectivity index (χ0v) is 28.7. The van der Waals surface area contributed by atoms with E-state index in [1.54, 1.807) is 38.3 Å². The van der Waals surface area contributed by atoms with Crippen molar-refractivity contribution in [2.24, 2.45) is 10.9 Å². The zero-order chi connectivity index (χ0) is 32.3.